The Morgan fingerprint density at radius 2 is 1.41 bits per heavy atom. The third-order valence-electron chi connectivity index (χ3n) is 9.48. The van der Waals surface area contributed by atoms with Gasteiger partial charge >= 0.3 is 0 Å². The summed E-state index contributed by atoms with van der Waals surface area (Å²) in [5.74, 6) is 3.80. The van der Waals surface area contributed by atoms with Crippen LogP contribution < -0.4 is 0 Å². The second kappa shape index (κ2) is 9.64. The van der Waals surface area contributed by atoms with E-state index < -0.39 is 0 Å². The van der Waals surface area contributed by atoms with Crippen molar-refractivity contribution in [2.24, 2.45) is 17.8 Å². The zero-order valence-corrected chi connectivity index (χ0v) is 23.0. The van der Waals surface area contributed by atoms with Crippen molar-refractivity contribution in [3.05, 3.63) is 75.8 Å². The maximum absolute atomic E-state index is 6.27. The Bertz CT molecular complexity index is 1270. The van der Waals surface area contributed by atoms with Gasteiger partial charge in [0.05, 0.1) is 6.67 Å². The fraction of sp³-hybridized carbons (Fsp3) is 0.533. The van der Waals surface area contributed by atoms with Crippen molar-refractivity contribution in [2.75, 3.05) is 26.2 Å². The summed E-state index contributed by atoms with van der Waals surface area (Å²) in [5, 5.41) is 6.12. The molecule has 1 saturated heterocycles. The molecule has 2 aromatic carbocycles. The molecule has 0 radical (unpaired) electrons. The highest BCUT2D eigenvalue weighted by molar-refractivity contribution is 7.71. The molecule has 3 aromatic rings. The van der Waals surface area contributed by atoms with E-state index in [2.05, 4.69) is 61.5 Å². The maximum atomic E-state index is 6.27. The molecule has 8 rings (SSSR count). The second-order valence-electron chi connectivity index (χ2n) is 12.1. The average Bonchev–Trinajstić information content (AvgIpc) is 3.22. The van der Waals surface area contributed by atoms with E-state index in [0.717, 1.165) is 72.6 Å². The molecule has 5 aliphatic rings. The number of rotatable bonds is 6. The van der Waals surface area contributed by atoms with Crippen molar-refractivity contribution in [3.8, 4) is 5.69 Å². The minimum atomic E-state index is 0.168. The van der Waals surface area contributed by atoms with E-state index in [4.69, 9.17) is 28.9 Å². The number of aromatic nitrogens is 3. The van der Waals surface area contributed by atoms with Crippen molar-refractivity contribution in [1.29, 1.82) is 0 Å². The SMILES string of the molecule is S=c1n(CN2CCN(Cc3ccccc3)CC2)nc(C23CC4CC(CC(C4)C2)C3)n1-c1ccc(Cl)cc1. The molecular formula is C30H36ClN5S. The molecule has 0 spiro atoms. The number of halogens is 1. The van der Waals surface area contributed by atoms with Gasteiger partial charge in [0.2, 0.25) is 4.77 Å². The first-order valence-electron chi connectivity index (χ1n) is 14.0. The van der Waals surface area contributed by atoms with Crippen LogP contribution in [0.5, 0.6) is 0 Å². The van der Waals surface area contributed by atoms with Crippen molar-refractivity contribution in [1.82, 2.24) is 24.1 Å². The van der Waals surface area contributed by atoms with Gasteiger partial charge in [-0.25, -0.2) is 4.68 Å². The summed E-state index contributed by atoms with van der Waals surface area (Å²) in [7, 11) is 0. The second-order valence-corrected chi connectivity index (χ2v) is 12.9. The molecule has 1 aliphatic heterocycles. The average molecular weight is 534 g/mol. The summed E-state index contributed by atoms with van der Waals surface area (Å²) in [6, 6.07) is 19.0. The van der Waals surface area contributed by atoms with E-state index in [1.807, 2.05) is 12.1 Å². The molecule has 1 aromatic heterocycles. The summed E-state index contributed by atoms with van der Waals surface area (Å²) in [4.78, 5) is 5.07. The summed E-state index contributed by atoms with van der Waals surface area (Å²) < 4.78 is 5.23. The normalized spacial score (nSPS) is 29.7. The minimum Gasteiger partial charge on any atom is -0.297 e. The standard InChI is InChI=1S/C30H36ClN5S/c31-26-6-8-27(9-7-26)36-28(30-17-23-14-24(18-30)16-25(15-23)19-30)32-35(29(36)37)21-34-12-10-33(11-13-34)20-22-4-2-1-3-5-22/h1-9,23-25H,10-21H2. The highest BCUT2D eigenvalue weighted by Crippen LogP contribution is 2.60. The van der Waals surface area contributed by atoms with Gasteiger partial charge in [0.15, 0.2) is 0 Å². The molecule has 4 bridgehead atoms. The minimum absolute atomic E-state index is 0.168. The van der Waals surface area contributed by atoms with Crippen LogP contribution in [0.1, 0.15) is 49.9 Å². The van der Waals surface area contributed by atoms with Crippen LogP contribution in [0.15, 0.2) is 54.6 Å². The van der Waals surface area contributed by atoms with Crippen LogP contribution in [0, 0.1) is 22.5 Å². The number of benzene rings is 2. The van der Waals surface area contributed by atoms with Gasteiger partial charge in [0, 0.05) is 48.8 Å². The summed E-state index contributed by atoms with van der Waals surface area (Å²) in [6.07, 6.45) is 8.10. The first kappa shape index (κ1) is 24.1. The van der Waals surface area contributed by atoms with E-state index in [-0.39, 0.29) is 5.41 Å². The Morgan fingerprint density at radius 3 is 2.03 bits per heavy atom. The third kappa shape index (κ3) is 4.60. The Hall–Kier alpha value is -1.99. The van der Waals surface area contributed by atoms with E-state index in [0.29, 0.717) is 0 Å². The van der Waals surface area contributed by atoms with Crippen LogP contribution in [0.3, 0.4) is 0 Å². The van der Waals surface area contributed by atoms with Gasteiger partial charge in [-0.05, 0) is 98.3 Å². The van der Waals surface area contributed by atoms with Gasteiger partial charge in [-0.2, -0.15) is 5.10 Å². The third-order valence-corrected chi connectivity index (χ3v) is 10.1. The van der Waals surface area contributed by atoms with E-state index in [1.165, 1.54) is 49.9 Å². The fourth-order valence-corrected chi connectivity index (χ4v) is 8.59. The van der Waals surface area contributed by atoms with Crippen molar-refractivity contribution >= 4 is 23.8 Å². The molecule has 7 heteroatoms. The number of nitrogens with zero attached hydrogens (tertiary/aromatic N) is 5. The lowest BCUT2D eigenvalue weighted by Crippen LogP contribution is -2.49. The van der Waals surface area contributed by atoms with Gasteiger partial charge < -0.3 is 0 Å². The first-order valence-corrected chi connectivity index (χ1v) is 14.8. The zero-order valence-electron chi connectivity index (χ0n) is 21.4. The topological polar surface area (TPSA) is 29.2 Å². The Balaban J connectivity index is 1.16. The molecule has 0 amide bonds. The van der Waals surface area contributed by atoms with Crippen LogP contribution in [-0.2, 0) is 18.6 Å². The predicted octanol–water partition coefficient (Wildman–Crippen LogP) is 6.30. The van der Waals surface area contributed by atoms with Gasteiger partial charge in [-0.15, -0.1) is 0 Å². The van der Waals surface area contributed by atoms with Crippen LogP contribution in [0.2, 0.25) is 5.02 Å². The highest BCUT2D eigenvalue weighted by Gasteiger charge is 2.54. The molecular weight excluding hydrogens is 498 g/mol. The molecule has 37 heavy (non-hydrogen) atoms. The summed E-state index contributed by atoms with van der Waals surface area (Å²) >= 11 is 12.4. The van der Waals surface area contributed by atoms with Gasteiger partial charge in [-0.3, -0.25) is 14.4 Å². The predicted molar refractivity (Wildman–Crippen MR) is 151 cm³/mol. The molecule has 4 saturated carbocycles. The number of hydrogen-bond acceptors (Lipinski definition) is 4. The maximum Gasteiger partial charge on any atom is 0.203 e. The first-order chi connectivity index (χ1) is 18.0. The quantitative estimate of drug-likeness (QED) is 0.348. The lowest BCUT2D eigenvalue weighted by atomic mass is 9.49. The van der Waals surface area contributed by atoms with Crippen LogP contribution in [0.4, 0.5) is 0 Å². The van der Waals surface area contributed by atoms with Crippen LogP contribution >= 0.6 is 23.8 Å². The summed E-state index contributed by atoms with van der Waals surface area (Å²) in [5.41, 5.74) is 2.65. The van der Waals surface area contributed by atoms with Crippen LogP contribution in [0.25, 0.3) is 5.69 Å². The molecule has 194 valence electrons. The smallest absolute Gasteiger partial charge is 0.203 e. The number of piperazine rings is 1. The van der Waals surface area contributed by atoms with E-state index in [1.54, 1.807) is 0 Å². The van der Waals surface area contributed by atoms with Crippen molar-refractivity contribution in [3.63, 3.8) is 0 Å². The lowest BCUT2D eigenvalue weighted by molar-refractivity contribution is -0.0106. The van der Waals surface area contributed by atoms with Gasteiger partial charge in [0.1, 0.15) is 5.82 Å². The van der Waals surface area contributed by atoms with Crippen LogP contribution in [-0.4, -0.2) is 50.3 Å². The van der Waals surface area contributed by atoms with Crippen molar-refractivity contribution < 1.29 is 0 Å². The van der Waals surface area contributed by atoms with Gasteiger partial charge in [-0.1, -0.05) is 41.9 Å². The monoisotopic (exact) mass is 533 g/mol. The van der Waals surface area contributed by atoms with Crippen molar-refractivity contribution in [2.45, 2.75) is 57.2 Å². The molecule has 2 heterocycles. The Morgan fingerprint density at radius 1 is 0.811 bits per heavy atom. The highest BCUT2D eigenvalue weighted by atomic mass is 35.5. The van der Waals surface area contributed by atoms with E-state index >= 15 is 0 Å². The zero-order chi connectivity index (χ0) is 25.0. The molecule has 0 atom stereocenters. The molecule has 5 fully saturated rings. The van der Waals surface area contributed by atoms with Gasteiger partial charge in [0.25, 0.3) is 0 Å². The summed E-state index contributed by atoms with van der Waals surface area (Å²) in [6.45, 7) is 6.00. The molecule has 0 unspecified atom stereocenters. The lowest BCUT2D eigenvalue weighted by Gasteiger charge is -2.56. The molecule has 0 N–H and O–H groups in total. The number of hydrogen-bond donors (Lipinski definition) is 0. The Labute approximate surface area is 230 Å². The largest absolute Gasteiger partial charge is 0.297 e. The van der Waals surface area contributed by atoms with E-state index in [9.17, 15) is 0 Å². The Kier molecular flexibility index (Phi) is 6.27. The molecule has 4 aliphatic carbocycles. The fourth-order valence-electron chi connectivity index (χ4n) is 8.17. The molecule has 5 nitrogen and oxygen atoms in total.